The maximum atomic E-state index is 4.97. The second kappa shape index (κ2) is 11.4. The molecule has 0 fully saturated rings. The van der Waals surface area contributed by atoms with E-state index < -0.39 is 0 Å². The molecular weight excluding hydrogens is 611 g/mol. The zero-order chi connectivity index (χ0) is 33.0. The van der Waals surface area contributed by atoms with Crippen LogP contribution in [0.2, 0.25) is 0 Å². The van der Waals surface area contributed by atoms with Gasteiger partial charge in [0.2, 0.25) is 0 Å². The van der Waals surface area contributed by atoms with Crippen molar-refractivity contribution in [1.82, 2.24) is 24.1 Å². The highest BCUT2D eigenvalue weighted by Crippen LogP contribution is 2.41. The van der Waals surface area contributed by atoms with Crippen molar-refractivity contribution >= 4 is 43.5 Å². The molecule has 0 atom stereocenters. The van der Waals surface area contributed by atoms with Crippen LogP contribution >= 0.6 is 0 Å². The van der Waals surface area contributed by atoms with Crippen molar-refractivity contribution in [2.24, 2.45) is 0 Å². The van der Waals surface area contributed by atoms with Crippen LogP contribution in [0.4, 0.5) is 0 Å². The molecule has 3 heterocycles. The molecule has 3 aromatic heterocycles. The van der Waals surface area contributed by atoms with Crippen LogP contribution in [0.1, 0.15) is 0 Å². The van der Waals surface area contributed by atoms with Gasteiger partial charge in [-0.3, -0.25) is 0 Å². The van der Waals surface area contributed by atoms with E-state index in [0.29, 0.717) is 17.5 Å². The van der Waals surface area contributed by atoms with Crippen LogP contribution in [0.3, 0.4) is 0 Å². The summed E-state index contributed by atoms with van der Waals surface area (Å²) in [5, 5.41) is 6.17. The minimum atomic E-state index is 0.639. The second-order valence-corrected chi connectivity index (χ2v) is 12.5. The third-order valence-electron chi connectivity index (χ3n) is 9.60. The van der Waals surface area contributed by atoms with Crippen molar-refractivity contribution in [2.75, 3.05) is 0 Å². The zero-order valence-corrected chi connectivity index (χ0v) is 27.0. The summed E-state index contributed by atoms with van der Waals surface area (Å²) in [5.74, 6) is 1.94. The minimum absolute atomic E-state index is 0.639. The molecule has 0 bridgehead atoms. The molecule has 0 N–H and O–H groups in total. The van der Waals surface area contributed by atoms with E-state index >= 15 is 0 Å². The van der Waals surface area contributed by atoms with E-state index in [1.807, 2.05) is 60.7 Å². The van der Waals surface area contributed by atoms with E-state index in [1.165, 1.54) is 43.5 Å². The molecule has 0 saturated carbocycles. The average Bonchev–Trinajstić information content (AvgIpc) is 3.79. The van der Waals surface area contributed by atoms with Gasteiger partial charge in [0, 0.05) is 50.4 Å². The molecule has 0 aliphatic rings. The average molecular weight is 640 g/mol. The molecule has 0 spiro atoms. The third-order valence-corrected chi connectivity index (χ3v) is 9.60. The first kappa shape index (κ1) is 28.2. The number of benzene rings is 7. The van der Waals surface area contributed by atoms with Crippen LogP contribution in [-0.2, 0) is 0 Å². The first-order chi connectivity index (χ1) is 24.8. The lowest BCUT2D eigenvalue weighted by Crippen LogP contribution is -2.00. The number of aromatic nitrogens is 5. The van der Waals surface area contributed by atoms with Gasteiger partial charge >= 0.3 is 0 Å². The zero-order valence-electron chi connectivity index (χ0n) is 27.0. The standard InChI is InChI=1S/C45H29N5/c1-4-13-31(14-5-1)43-46-44(32-15-6-2-7-16-32)48-45(47-43)33-20-23-35(24-21-33)50-40-26-22-30-12-10-11-19-36(30)41(40)38-25-27-39-37(42(38)50)28-29-49(39)34-17-8-3-9-18-34/h1-29H. The predicted molar refractivity (Wildman–Crippen MR) is 205 cm³/mol. The Hall–Kier alpha value is -6.85. The SMILES string of the molecule is c1ccc(-c2nc(-c3ccccc3)nc(-c3ccc(-n4c5ccc6ccccc6c5c5ccc6c(ccn6-c6ccccc6)c54)cc3)n2)cc1. The number of fused-ring (bicyclic) bond motifs is 7. The maximum absolute atomic E-state index is 4.97. The van der Waals surface area contributed by atoms with E-state index in [-0.39, 0.29) is 0 Å². The molecule has 10 rings (SSSR count). The van der Waals surface area contributed by atoms with Crippen LogP contribution in [0.5, 0.6) is 0 Å². The van der Waals surface area contributed by atoms with Gasteiger partial charge in [0.1, 0.15) is 0 Å². The van der Waals surface area contributed by atoms with Crippen LogP contribution in [0, 0.1) is 0 Å². The normalized spacial score (nSPS) is 11.6. The Morgan fingerprint density at radius 1 is 0.360 bits per heavy atom. The molecule has 234 valence electrons. The van der Waals surface area contributed by atoms with Crippen molar-refractivity contribution < 1.29 is 0 Å². The van der Waals surface area contributed by atoms with Gasteiger partial charge in [0.25, 0.3) is 0 Å². The van der Waals surface area contributed by atoms with Crippen LogP contribution < -0.4 is 0 Å². The summed E-state index contributed by atoms with van der Waals surface area (Å²) in [6.45, 7) is 0. The molecule has 0 amide bonds. The third kappa shape index (κ3) is 4.52. The van der Waals surface area contributed by atoms with Gasteiger partial charge in [-0.15, -0.1) is 0 Å². The highest BCUT2D eigenvalue weighted by molar-refractivity contribution is 6.25. The topological polar surface area (TPSA) is 48.5 Å². The fourth-order valence-electron chi connectivity index (χ4n) is 7.27. The molecule has 7 aromatic carbocycles. The van der Waals surface area contributed by atoms with Gasteiger partial charge in [-0.05, 0) is 65.4 Å². The van der Waals surface area contributed by atoms with Gasteiger partial charge in [-0.2, -0.15) is 0 Å². The number of rotatable bonds is 5. The van der Waals surface area contributed by atoms with Crippen molar-refractivity contribution in [1.29, 1.82) is 0 Å². The smallest absolute Gasteiger partial charge is 0.164 e. The largest absolute Gasteiger partial charge is 0.316 e. The number of nitrogens with zero attached hydrogens (tertiary/aromatic N) is 5. The van der Waals surface area contributed by atoms with Gasteiger partial charge < -0.3 is 9.13 Å². The quantitative estimate of drug-likeness (QED) is 0.188. The number of hydrogen-bond donors (Lipinski definition) is 0. The van der Waals surface area contributed by atoms with E-state index in [0.717, 1.165) is 28.1 Å². The molecule has 0 unspecified atom stereocenters. The first-order valence-electron chi connectivity index (χ1n) is 16.8. The predicted octanol–water partition coefficient (Wildman–Crippen LogP) is 11.1. The molecule has 0 radical (unpaired) electrons. The highest BCUT2D eigenvalue weighted by Gasteiger charge is 2.19. The maximum Gasteiger partial charge on any atom is 0.164 e. The summed E-state index contributed by atoms with van der Waals surface area (Å²) in [5.41, 5.74) is 8.57. The second-order valence-electron chi connectivity index (χ2n) is 12.5. The molecule has 5 nitrogen and oxygen atoms in total. The summed E-state index contributed by atoms with van der Waals surface area (Å²) in [6.07, 6.45) is 2.18. The monoisotopic (exact) mass is 639 g/mol. The Labute approximate surface area is 288 Å². The fourth-order valence-corrected chi connectivity index (χ4v) is 7.27. The summed E-state index contributed by atoms with van der Waals surface area (Å²) < 4.78 is 4.68. The molecule has 10 aromatic rings. The van der Waals surface area contributed by atoms with E-state index in [9.17, 15) is 0 Å². The molecule has 5 heteroatoms. The van der Waals surface area contributed by atoms with Crippen molar-refractivity contribution in [3.05, 3.63) is 176 Å². The Morgan fingerprint density at radius 3 is 1.58 bits per heavy atom. The Morgan fingerprint density at radius 2 is 0.920 bits per heavy atom. The van der Waals surface area contributed by atoms with Gasteiger partial charge in [-0.1, -0.05) is 115 Å². The molecule has 0 aliphatic carbocycles. The summed E-state index contributed by atoms with van der Waals surface area (Å²) in [6, 6.07) is 59.3. The number of para-hydroxylation sites is 1. The first-order valence-corrected chi connectivity index (χ1v) is 16.8. The highest BCUT2D eigenvalue weighted by atomic mass is 15.0. The lowest BCUT2D eigenvalue weighted by Gasteiger charge is -2.12. The minimum Gasteiger partial charge on any atom is -0.316 e. The Balaban J connectivity index is 1.18. The van der Waals surface area contributed by atoms with Crippen LogP contribution in [0.25, 0.3) is 89.0 Å². The van der Waals surface area contributed by atoms with Crippen molar-refractivity contribution in [3.63, 3.8) is 0 Å². The molecular formula is C45H29N5. The Bertz CT molecular complexity index is 2780. The Kier molecular flexibility index (Phi) is 6.42. The van der Waals surface area contributed by atoms with Crippen molar-refractivity contribution in [3.8, 4) is 45.5 Å². The summed E-state index contributed by atoms with van der Waals surface area (Å²) in [4.78, 5) is 14.8. The van der Waals surface area contributed by atoms with Crippen LogP contribution in [0.15, 0.2) is 176 Å². The van der Waals surface area contributed by atoms with E-state index in [4.69, 9.17) is 15.0 Å². The van der Waals surface area contributed by atoms with Gasteiger partial charge in [0.05, 0.1) is 16.6 Å². The molecule has 0 aliphatic heterocycles. The number of hydrogen-bond acceptors (Lipinski definition) is 3. The lowest BCUT2D eigenvalue weighted by molar-refractivity contribution is 1.07. The van der Waals surface area contributed by atoms with E-state index in [2.05, 4.69) is 125 Å². The fraction of sp³-hybridized carbons (Fsp3) is 0. The molecule has 50 heavy (non-hydrogen) atoms. The lowest BCUT2D eigenvalue weighted by atomic mass is 10.0. The van der Waals surface area contributed by atoms with Gasteiger partial charge in [-0.25, -0.2) is 15.0 Å². The molecule has 0 saturated heterocycles. The van der Waals surface area contributed by atoms with Crippen molar-refractivity contribution in [2.45, 2.75) is 0 Å². The summed E-state index contributed by atoms with van der Waals surface area (Å²) >= 11 is 0. The van der Waals surface area contributed by atoms with E-state index in [1.54, 1.807) is 0 Å². The van der Waals surface area contributed by atoms with Gasteiger partial charge in [0.15, 0.2) is 17.5 Å². The summed E-state index contributed by atoms with van der Waals surface area (Å²) in [7, 11) is 0. The van der Waals surface area contributed by atoms with Crippen LogP contribution in [-0.4, -0.2) is 24.1 Å².